The average molecular weight is 293 g/mol. The number of amides is 1. The van der Waals surface area contributed by atoms with Gasteiger partial charge in [-0.3, -0.25) is 9.59 Å². The Hall–Kier alpha value is -2.24. The summed E-state index contributed by atoms with van der Waals surface area (Å²) in [5.41, 5.74) is 0. The second-order valence-corrected chi connectivity index (χ2v) is 5.05. The number of benzene rings is 1. The van der Waals surface area contributed by atoms with Gasteiger partial charge in [-0.25, -0.2) is 0 Å². The third-order valence-corrected chi connectivity index (χ3v) is 3.57. The first-order chi connectivity index (χ1) is 10.1. The van der Waals surface area contributed by atoms with Crippen molar-refractivity contribution in [3.05, 3.63) is 24.3 Å². The number of ether oxygens (including phenoxy) is 2. The molecule has 1 aliphatic carbocycles. The van der Waals surface area contributed by atoms with E-state index in [9.17, 15) is 9.59 Å². The Bertz CT molecular complexity index is 517. The molecule has 6 nitrogen and oxygen atoms in total. The van der Waals surface area contributed by atoms with Gasteiger partial charge in [-0.1, -0.05) is 12.1 Å². The fraction of sp³-hybridized carbons (Fsp3) is 0.467. The number of nitrogens with one attached hydrogen (secondary N) is 1. The normalized spacial score (nSPS) is 20.8. The minimum Gasteiger partial charge on any atom is -0.493 e. The van der Waals surface area contributed by atoms with Gasteiger partial charge in [0.25, 0.3) is 5.91 Å². The Morgan fingerprint density at radius 1 is 1.29 bits per heavy atom. The Balaban J connectivity index is 1.79. The molecule has 1 aromatic carbocycles. The van der Waals surface area contributed by atoms with Crippen molar-refractivity contribution in [2.75, 3.05) is 13.7 Å². The zero-order valence-electron chi connectivity index (χ0n) is 11.9. The van der Waals surface area contributed by atoms with Gasteiger partial charge in [0.1, 0.15) is 0 Å². The van der Waals surface area contributed by atoms with Crippen LogP contribution in [0.3, 0.4) is 0 Å². The van der Waals surface area contributed by atoms with Crippen molar-refractivity contribution in [3.8, 4) is 11.5 Å². The summed E-state index contributed by atoms with van der Waals surface area (Å²) in [7, 11) is 1.53. The van der Waals surface area contributed by atoms with E-state index < -0.39 is 5.97 Å². The third-order valence-electron chi connectivity index (χ3n) is 3.57. The Morgan fingerprint density at radius 3 is 2.62 bits per heavy atom. The minimum atomic E-state index is -0.794. The third kappa shape index (κ3) is 4.11. The number of hydrogen-bond donors (Lipinski definition) is 2. The summed E-state index contributed by atoms with van der Waals surface area (Å²) >= 11 is 0. The lowest BCUT2D eigenvalue weighted by Crippen LogP contribution is -2.36. The van der Waals surface area contributed by atoms with E-state index in [2.05, 4.69) is 5.32 Å². The summed E-state index contributed by atoms with van der Waals surface area (Å²) in [6, 6.07) is 7.00. The Kier molecular flexibility index (Phi) is 5.03. The molecule has 2 atom stereocenters. The topological polar surface area (TPSA) is 84.9 Å². The molecule has 2 rings (SSSR count). The van der Waals surface area contributed by atoms with Gasteiger partial charge in [0.2, 0.25) is 0 Å². The maximum absolute atomic E-state index is 11.8. The first kappa shape index (κ1) is 15.2. The lowest BCUT2D eigenvalue weighted by molar-refractivity contribution is -0.141. The lowest BCUT2D eigenvalue weighted by Gasteiger charge is -2.14. The van der Waals surface area contributed by atoms with Crippen molar-refractivity contribution in [3.63, 3.8) is 0 Å². The van der Waals surface area contributed by atoms with Crippen LogP contribution in [0.1, 0.15) is 19.3 Å². The number of rotatable bonds is 6. The molecule has 1 saturated carbocycles. The average Bonchev–Trinajstić information content (AvgIpc) is 2.94. The monoisotopic (exact) mass is 293 g/mol. The SMILES string of the molecule is COc1ccccc1OCC(=O)N[C@@H]1CC[C@H](C(=O)O)C1. The molecule has 1 aromatic rings. The largest absolute Gasteiger partial charge is 0.493 e. The van der Waals surface area contributed by atoms with Crippen LogP contribution in [0.2, 0.25) is 0 Å². The standard InChI is InChI=1S/C15H19NO5/c1-20-12-4-2-3-5-13(12)21-9-14(17)16-11-7-6-10(8-11)15(18)19/h2-5,10-11H,6-9H2,1H3,(H,16,17)(H,18,19)/t10-,11+/m0/s1. The molecule has 0 aliphatic heterocycles. The first-order valence-corrected chi connectivity index (χ1v) is 6.88. The highest BCUT2D eigenvalue weighted by Crippen LogP contribution is 2.27. The molecular weight excluding hydrogens is 274 g/mol. The summed E-state index contributed by atoms with van der Waals surface area (Å²) in [4.78, 5) is 22.7. The molecule has 1 amide bonds. The molecule has 0 saturated heterocycles. The zero-order valence-corrected chi connectivity index (χ0v) is 11.9. The molecule has 114 valence electrons. The van der Waals surface area contributed by atoms with E-state index in [1.165, 1.54) is 7.11 Å². The van der Waals surface area contributed by atoms with Crippen LogP contribution in [0, 0.1) is 5.92 Å². The summed E-state index contributed by atoms with van der Waals surface area (Å²) < 4.78 is 10.6. The van der Waals surface area contributed by atoms with Crippen LogP contribution in [0.4, 0.5) is 0 Å². The van der Waals surface area contributed by atoms with E-state index in [1.54, 1.807) is 18.2 Å². The fourth-order valence-electron chi connectivity index (χ4n) is 2.49. The molecule has 6 heteroatoms. The van der Waals surface area contributed by atoms with Crippen LogP contribution in [0.25, 0.3) is 0 Å². The number of carbonyl (C=O) groups is 2. The number of aliphatic carboxylic acids is 1. The van der Waals surface area contributed by atoms with E-state index in [0.29, 0.717) is 30.8 Å². The molecule has 0 unspecified atom stereocenters. The van der Waals surface area contributed by atoms with Crippen LogP contribution in [-0.2, 0) is 9.59 Å². The van der Waals surface area contributed by atoms with Gasteiger partial charge in [0, 0.05) is 6.04 Å². The number of carboxylic acid groups (broad SMARTS) is 1. The van der Waals surface area contributed by atoms with Crippen LogP contribution in [0.5, 0.6) is 11.5 Å². The van der Waals surface area contributed by atoms with Crippen LogP contribution < -0.4 is 14.8 Å². The lowest BCUT2D eigenvalue weighted by atomic mass is 10.1. The van der Waals surface area contributed by atoms with Gasteiger partial charge in [0.15, 0.2) is 18.1 Å². The van der Waals surface area contributed by atoms with Gasteiger partial charge in [-0.15, -0.1) is 0 Å². The summed E-state index contributed by atoms with van der Waals surface area (Å²) in [5, 5.41) is 11.7. The highest BCUT2D eigenvalue weighted by molar-refractivity contribution is 5.78. The van der Waals surface area contributed by atoms with E-state index >= 15 is 0 Å². The quantitative estimate of drug-likeness (QED) is 0.829. The highest BCUT2D eigenvalue weighted by Gasteiger charge is 2.30. The summed E-state index contributed by atoms with van der Waals surface area (Å²) in [5.74, 6) is -0.332. The maximum Gasteiger partial charge on any atom is 0.306 e. The van der Waals surface area contributed by atoms with Gasteiger partial charge in [-0.05, 0) is 31.4 Å². The smallest absolute Gasteiger partial charge is 0.306 e. The molecule has 0 spiro atoms. The number of carbonyl (C=O) groups excluding carboxylic acids is 1. The van der Waals surface area contributed by atoms with Crippen molar-refractivity contribution in [1.82, 2.24) is 5.32 Å². The molecule has 0 heterocycles. The van der Waals surface area contributed by atoms with E-state index in [4.69, 9.17) is 14.6 Å². The van der Waals surface area contributed by atoms with Crippen molar-refractivity contribution in [2.24, 2.45) is 5.92 Å². The molecule has 1 aliphatic rings. The van der Waals surface area contributed by atoms with Crippen molar-refractivity contribution >= 4 is 11.9 Å². The minimum absolute atomic E-state index is 0.0835. The first-order valence-electron chi connectivity index (χ1n) is 6.88. The Morgan fingerprint density at radius 2 is 2.00 bits per heavy atom. The second kappa shape index (κ2) is 6.97. The van der Waals surface area contributed by atoms with Gasteiger partial charge < -0.3 is 19.9 Å². The molecule has 21 heavy (non-hydrogen) atoms. The van der Waals surface area contributed by atoms with Crippen LogP contribution in [0.15, 0.2) is 24.3 Å². The number of para-hydroxylation sites is 2. The Labute approximate surface area is 123 Å². The maximum atomic E-state index is 11.8. The highest BCUT2D eigenvalue weighted by atomic mass is 16.5. The summed E-state index contributed by atoms with van der Waals surface area (Å²) in [6.45, 7) is -0.116. The molecule has 0 aromatic heterocycles. The van der Waals surface area contributed by atoms with Gasteiger partial charge in [0.05, 0.1) is 13.0 Å². The molecule has 0 radical (unpaired) electrons. The van der Waals surface area contributed by atoms with Crippen LogP contribution in [-0.4, -0.2) is 36.7 Å². The van der Waals surface area contributed by atoms with Crippen molar-refractivity contribution in [1.29, 1.82) is 0 Å². The van der Waals surface area contributed by atoms with Gasteiger partial charge >= 0.3 is 5.97 Å². The molecule has 2 N–H and O–H groups in total. The van der Waals surface area contributed by atoms with E-state index in [1.807, 2.05) is 6.07 Å². The summed E-state index contributed by atoms with van der Waals surface area (Å²) in [6.07, 6.45) is 1.78. The number of carboxylic acids is 1. The zero-order chi connectivity index (χ0) is 15.2. The molecule has 1 fully saturated rings. The van der Waals surface area contributed by atoms with E-state index in [0.717, 1.165) is 0 Å². The van der Waals surface area contributed by atoms with E-state index in [-0.39, 0.29) is 24.5 Å². The molecular formula is C15H19NO5. The second-order valence-electron chi connectivity index (χ2n) is 5.05. The van der Waals surface area contributed by atoms with Crippen molar-refractivity contribution < 1.29 is 24.2 Å². The van der Waals surface area contributed by atoms with Crippen molar-refractivity contribution in [2.45, 2.75) is 25.3 Å². The fourth-order valence-corrected chi connectivity index (χ4v) is 2.49. The number of hydrogen-bond acceptors (Lipinski definition) is 4. The molecule has 0 bridgehead atoms. The predicted molar refractivity (Wildman–Crippen MR) is 75.4 cm³/mol. The number of methoxy groups -OCH3 is 1. The van der Waals surface area contributed by atoms with Crippen LogP contribution >= 0.6 is 0 Å². The predicted octanol–water partition coefficient (Wildman–Crippen LogP) is 1.44. The van der Waals surface area contributed by atoms with Gasteiger partial charge in [-0.2, -0.15) is 0 Å².